The summed E-state index contributed by atoms with van der Waals surface area (Å²) in [7, 11) is 1.54. The lowest BCUT2D eigenvalue weighted by atomic mass is 10.1. The molecule has 9 heteroatoms. The van der Waals surface area contributed by atoms with Gasteiger partial charge in [-0.1, -0.05) is 17.7 Å². The van der Waals surface area contributed by atoms with E-state index >= 15 is 0 Å². The number of aromatic nitrogens is 1. The number of nitrogens with one attached hydrogen (secondary N) is 1. The number of rotatable bonds is 6. The number of morpholine rings is 1. The predicted molar refractivity (Wildman–Crippen MR) is 127 cm³/mol. The smallest absolute Gasteiger partial charge is 0.227 e. The molecule has 2 aromatic rings. The Morgan fingerprint density at radius 3 is 2.64 bits per heavy atom. The predicted octanol–water partition coefficient (Wildman–Crippen LogP) is 3.03. The van der Waals surface area contributed by atoms with E-state index in [2.05, 4.69) is 29.0 Å². The van der Waals surface area contributed by atoms with Crippen molar-refractivity contribution in [2.45, 2.75) is 39.0 Å². The van der Waals surface area contributed by atoms with Crippen LogP contribution in [0.25, 0.3) is 0 Å². The molecule has 0 radical (unpaired) electrons. The van der Waals surface area contributed by atoms with Gasteiger partial charge < -0.3 is 24.6 Å². The maximum absolute atomic E-state index is 12.8. The first-order chi connectivity index (χ1) is 15.8. The van der Waals surface area contributed by atoms with Crippen molar-refractivity contribution < 1.29 is 19.1 Å². The van der Waals surface area contributed by atoms with Crippen LogP contribution in [0.1, 0.15) is 25.8 Å². The number of hydrogen-bond acceptors (Lipinski definition) is 6. The van der Waals surface area contributed by atoms with Crippen LogP contribution in [-0.4, -0.2) is 55.8 Å². The average Bonchev–Trinajstić information content (AvgIpc) is 3.18. The number of benzene rings is 1. The van der Waals surface area contributed by atoms with Crippen LogP contribution in [0.15, 0.2) is 36.5 Å². The Balaban J connectivity index is 1.34. The molecule has 3 unspecified atom stereocenters. The van der Waals surface area contributed by atoms with E-state index in [1.807, 2.05) is 12.1 Å². The fraction of sp³-hybridized carbons (Fsp3) is 0.458. The van der Waals surface area contributed by atoms with Gasteiger partial charge in [0, 0.05) is 43.8 Å². The lowest BCUT2D eigenvalue weighted by Gasteiger charge is -2.36. The number of amides is 2. The minimum Gasteiger partial charge on any atom is -0.495 e. The number of carbonyl (C=O) groups is 2. The number of pyridine rings is 1. The second-order valence-electron chi connectivity index (χ2n) is 8.63. The van der Waals surface area contributed by atoms with Crippen molar-refractivity contribution in [2.24, 2.45) is 5.92 Å². The Morgan fingerprint density at radius 1 is 1.21 bits per heavy atom. The zero-order valence-electron chi connectivity index (χ0n) is 19.1. The number of ether oxygens (including phenoxy) is 2. The van der Waals surface area contributed by atoms with Crippen molar-refractivity contribution in [3.63, 3.8) is 0 Å². The summed E-state index contributed by atoms with van der Waals surface area (Å²) in [4.78, 5) is 33.7. The summed E-state index contributed by atoms with van der Waals surface area (Å²) in [6.07, 6.45) is 2.25. The van der Waals surface area contributed by atoms with Crippen molar-refractivity contribution in [2.75, 3.05) is 36.5 Å². The van der Waals surface area contributed by atoms with E-state index in [-0.39, 0.29) is 37.0 Å². The fourth-order valence-corrected chi connectivity index (χ4v) is 4.56. The first kappa shape index (κ1) is 23.3. The number of carbonyl (C=O) groups excluding carboxylic acids is 2. The van der Waals surface area contributed by atoms with Gasteiger partial charge in [0.25, 0.3) is 0 Å². The molecule has 0 saturated carbocycles. The second kappa shape index (κ2) is 9.97. The van der Waals surface area contributed by atoms with E-state index in [0.717, 1.165) is 24.5 Å². The van der Waals surface area contributed by atoms with Gasteiger partial charge in [-0.3, -0.25) is 9.59 Å². The van der Waals surface area contributed by atoms with Crippen LogP contribution in [0.2, 0.25) is 5.02 Å². The van der Waals surface area contributed by atoms with Gasteiger partial charge in [0.1, 0.15) is 11.6 Å². The molecule has 1 N–H and O–H groups in total. The van der Waals surface area contributed by atoms with Gasteiger partial charge in [0.2, 0.25) is 11.8 Å². The molecule has 2 aliphatic heterocycles. The molecule has 2 fully saturated rings. The normalized spacial score (nSPS) is 23.0. The molecule has 3 atom stereocenters. The largest absolute Gasteiger partial charge is 0.495 e. The van der Waals surface area contributed by atoms with Gasteiger partial charge in [-0.2, -0.15) is 0 Å². The van der Waals surface area contributed by atoms with Crippen molar-refractivity contribution >= 4 is 34.9 Å². The van der Waals surface area contributed by atoms with Gasteiger partial charge in [0.15, 0.2) is 0 Å². The molecule has 2 saturated heterocycles. The van der Waals surface area contributed by atoms with Crippen LogP contribution in [-0.2, 0) is 20.9 Å². The molecular weight excluding hydrogens is 444 g/mol. The number of methoxy groups -OCH3 is 1. The van der Waals surface area contributed by atoms with E-state index in [1.54, 1.807) is 29.3 Å². The Morgan fingerprint density at radius 2 is 1.97 bits per heavy atom. The molecule has 0 aliphatic carbocycles. The number of hydrogen-bond donors (Lipinski definition) is 1. The maximum atomic E-state index is 12.8. The molecule has 0 spiro atoms. The summed E-state index contributed by atoms with van der Waals surface area (Å²) in [5.74, 6) is 0.718. The Kier molecular flexibility index (Phi) is 7.05. The van der Waals surface area contributed by atoms with Crippen LogP contribution in [0.5, 0.6) is 5.75 Å². The van der Waals surface area contributed by atoms with Gasteiger partial charge in [-0.05, 0) is 43.7 Å². The molecule has 1 aromatic carbocycles. The summed E-state index contributed by atoms with van der Waals surface area (Å²) >= 11 is 6.10. The fourth-order valence-electron chi connectivity index (χ4n) is 4.40. The van der Waals surface area contributed by atoms with E-state index in [1.165, 1.54) is 7.11 Å². The quantitative estimate of drug-likeness (QED) is 0.695. The SMILES string of the molecule is COc1ccc(Cl)cc1N1CC(C(=O)NCc2ccc(N3CC(C)OC(C)C3)nc2)CC1=O. The minimum absolute atomic E-state index is 0.129. The zero-order chi connectivity index (χ0) is 23.5. The molecule has 8 nitrogen and oxygen atoms in total. The number of anilines is 2. The highest BCUT2D eigenvalue weighted by Crippen LogP contribution is 2.35. The highest BCUT2D eigenvalue weighted by molar-refractivity contribution is 6.31. The van der Waals surface area contributed by atoms with Crippen LogP contribution in [0.3, 0.4) is 0 Å². The maximum Gasteiger partial charge on any atom is 0.227 e. The third kappa shape index (κ3) is 5.39. The number of nitrogens with zero attached hydrogens (tertiary/aromatic N) is 3. The van der Waals surface area contributed by atoms with Gasteiger partial charge in [0.05, 0.1) is 30.9 Å². The van der Waals surface area contributed by atoms with Gasteiger partial charge in [-0.15, -0.1) is 0 Å². The second-order valence-corrected chi connectivity index (χ2v) is 9.06. The highest BCUT2D eigenvalue weighted by atomic mass is 35.5. The van der Waals surface area contributed by atoms with Crippen molar-refractivity contribution in [3.8, 4) is 5.75 Å². The highest BCUT2D eigenvalue weighted by Gasteiger charge is 2.36. The standard InChI is InChI=1S/C24H29ClN4O4/c1-15-12-28(13-16(2)33-15)22-7-4-17(10-26-22)11-27-24(31)18-8-23(30)29(14-18)20-9-19(25)5-6-21(20)32-3/h4-7,9-10,15-16,18H,8,11-14H2,1-3H3,(H,27,31). The molecule has 2 amide bonds. The van der Waals surface area contributed by atoms with Crippen LogP contribution < -0.4 is 19.9 Å². The zero-order valence-corrected chi connectivity index (χ0v) is 19.8. The summed E-state index contributed by atoms with van der Waals surface area (Å²) in [6.45, 7) is 6.36. The molecular formula is C24H29ClN4O4. The molecule has 3 heterocycles. The number of halogens is 1. The summed E-state index contributed by atoms with van der Waals surface area (Å²) < 4.78 is 11.1. The molecule has 33 heavy (non-hydrogen) atoms. The van der Waals surface area contributed by atoms with Crippen molar-refractivity contribution in [3.05, 3.63) is 47.1 Å². The van der Waals surface area contributed by atoms with Crippen molar-refractivity contribution in [1.82, 2.24) is 10.3 Å². The van der Waals surface area contributed by atoms with Crippen LogP contribution >= 0.6 is 11.6 Å². The van der Waals surface area contributed by atoms with E-state index in [0.29, 0.717) is 23.0 Å². The van der Waals surface area contributed by atoms with Crippen LogP contribution in [0, 0.1) is 5.92 Å². The van der Waals surface area contributed by atoms with Gasteiger partial charge >= 0.3 is 0 Å². The lowest BCUT2D eigenvalue weighted by molar-refractivity contribution is -0.126. The summed E-state index contributed by atoms with van der Waals surface area (Å²) in [5, 5.41) is 3.44. The molecule has 1 aromatic heterocycles. The van der Waals surface area contributed by atoms with E-state index < -0.39 is 5.92 Å². The third-order valence-corrected chi connectivity index (χ3v) is 6.18. The lowest BCUT2D eigenvalue weighted by Crippen LogP contribution is -2.45. The Bertz CT molecular complexity index is 1010. The summed E-state index contributed by atoms with van der Waals surface area (Å²) in [6, 6.07) is 9.04. The monoisotopic (exact) mass is 472 g/mol. The topological polar surface area (TPSA) is 84.0 Å². The van der Waals surface area contributed by atoms with Crippen molar-refractivity contribution in [1.29, 1.82) is 0 Å². The first-order valence-corrected chi connectivity index (χ1v) is 11.5. The molecule has 4 rings (SSSR count). The summed E-state index contributed by atoms with van der Waals surface area (Å²) in [5.41, 5.74) is 1.48. The van der Waals surface area contributed by atoms with Gasteiger partial charge in [-0.25, -0.2) is 4.98 Å². The Labute approximate surface area is 198 Å². The minimum atomic E-state index is -0.440. The van der Waals surface area contributed by atoms with E-state index in [9.17, 15) is 9.59 Å². The third-order valence-electron chi connectivity index (χ3n) is 5.95. The Hall–Kier alpha value is -2.84. The molecule has 0 bridgehead atoms. The molecule has 176 valence electrons. The van der Waals surface area contributed by atoms with Crippen LogP contribution in [0.4, 0.5) is 11.5 Å². The first-order valence-electron chi connectivity index (χ1n) is 11.1. The molecule has 2 aliphatic rings. The average molecular weight is 473 g/mol. The van der Waals surface area contributed by atoms with E-state index in [4.69, 9.17) is 21.1 Å².